The second kappa shape index (κ2) is 3.76. The third kappa shape index (κ3) is 2.09. The van der Waals surface area contributed by atoms with Crippen molar-refractivity contribution in [3.05, 3.63) is 48.2 Å². The highest BCUT2D eigenvalue weighted by molar-refractivity contribution is 5.62. The van der Waals surface area contributed by atoms with Crippen LogP contribution in [0.2, 0.25) is 0 Å². The first-order chi connectivity index (χ1) is 6.79. The van der Waals surface area contributed by atoms with Gasteiger partial charge in [0, 0.05) is 25.3 Å². The Hall–Kier alpha value is -1.41. The van der Waals surface area contributed by atoms with E-state index in [9.17, 15) is 5.11 Å². The topological polar surface area (TPSA) is 32.6 Å². The minimum Gasteiger partial charge on any atom is -0.385 e. The van der Waals surface area contributed by atoms with Crippen molar-refractivity contribution in [3.63, 3.8) is 0 Å². The molecule has 0 amide bonds. The minimum absolute atomic E-state index is 0.596. The Morgan fingerprint density at radius 3 is 2.71 bits per heavy atom. The highest BCUT2D eigenvalue weighted by atomic mass is 16.3. The van der Waals surface area contributed by atoms with E-state index in [1.807, 2.05) is 30.3 Å². The molecule has 1 unspecified atom stereocenters. The average Bonchev–Trinajstić information content (AvgIpc) is 2.19. The summed E-state index contributed by atoms with van der Waals surface area (Å²) in [5, 5.41) is 10.1. The van der Waals surface area contributed by atoms with E-state index in [0.29, 0.717) is 12.8 Å². The summed E-state index contributed by atoms with van der Waals surface area (Å²) in [4.78, 5) is 3.95. The molecule has 0 spiro atoms. The molecule has 0 aromatic heterocycles. The smallest absolute Gasteiger partial charge is 0.0934 e. The number of rotatable bonds is 2. The van der Waals surface area contributed by atoms with Crippen LogP contribution in [0.5, 0.6) is 0 Å². The van der Waals surface area contributed by atoms with E-state index in [-0.39, 0.29) is 0 Å². The molecular weight excluding hydrogens is 174 g/mol. The van der Waals surface area contributed by atoms with E-state index in [1.54, 1.807) is 18.5 Å². The predicted molar refractivity (Wildman–Crippen MR) is 57.3 cm³/mol. The molecule has 2 nitrogen and oxygen atoms in total. The Balaban J connectivity index is 2.11. The summed E-state index contributed by atoms with van der Waals surface area (Å²) < 4.78 is 0. The van der Waals surface area contributed by atoms with Crippen LogP contribution in [0.4, 0.5) is 0 Å². The Labute approximate surface area is 83.6 Å². The lowest BCUT2D eigenvalue weighted by Crippen LogP contribution is -2.30. The molecule has 0 fully saturated rings. The van der Waals surface area contributed by atoms with Crippen molar-refractivity contribution in [1.29, 1.82) is 0 Å². The lowest BCUT2D eigenvalue weighted by molar-refractivity contribution is 0.0990. The van der Waals surface area contributed by atoms with Gasteiger partial charge in [-0.2, -0.15) is 0 Å². The van der Waals surface area contributed by atoms with Crippen molar-refractivity contribution < 1.29 is 5.11 Å². The van der Waals surface area contributed by atoms with Gasteiger partial charge in [0.1, 0.15) is 0 Å². The molecule has 1 N–H and O–H groups in total. The number of aliphatic imine (C=N–C) groups is 1. The van der Waals surface area contributed by atoms with Crippen LogP contribution in [0.1, 0.15) is 12.0 Å². The fraction of sp³-hybridized carbons (Fsp3) is 0.250. The van der Waals surface area contributed by atoms with E-state index >= 15 is 0 Å². The molecule has 0 aliphatic carbocycles. The molecular formula is C12H13NO. The summed E-state index contributed by atoms with van der Waals surface area (Å²) in [5.74, 6) is 0. The van der Waals surface area contributed by atoms with Gasteiger partial charge in [-0.1, -0.05) is 30.3 Å². The molecule has 1 aliphatic heterocycles. The zero-order valence-corrected chi connectivity index (χ0v) is 7.93. The van der Waals surface area contributed by atoms with Crippen LogP contribution in [-0.2, 0) is 6.42 Å². The standard InChI is InChI=1S/C12H13NO/c14-12(6-8-13-9-7-12)10-11-4-2-1-3-5-11/h1-6,8-9,14H,7,10H2. The van der Waals surface area contributed by atoms with Crippen LogP contribution in [0, 0.1) is 0 Å². The van der Waals surface area contributed by atoms with E-state index in [0.717, 1.165) is 5.56 Å². The molecule has 1 aliphatic rings. The third-order valence-electron chi connectivity index (χ3n) is 2.37. The van der Waals surface area contributed by atoms with E-state index in [1.165, 1.54) is 0 Å². The number of hydrogen-bond donors (Lipinski definition) is 1. The van der Waals surface area contributed by atoms with Crippen LogP contribution in [0.3, 0.4) is 0 Å². The number of benzene rings is 1. The molecule has 0 saturated heterocycles. The third-order valence-corrected chi connectivity index (χ3v) is 2.37. The summed E-state index contributed by atoms with van der Waals surface area (Å²) in [6.45, 7) is 0. The lowest BCUT2D eigenvalue weighted by atomic mass is 9.91. The Kier molecular flexibility index (Phi) is 2.46. The SMILES string of the molecule is OC1(Cc2ccccc2)C=CN=CC1. The van der Waals surface area contributed by atoms with E-state index in [2.05, 4.69) is 4.99 Å². The molecule has 0 bridgehead atoms. The summed E-state index contributed by atoms with van der Waals surface area (Å²) >= 11 is 0. The fourth-order valence-corrected chi connectivity index (χ4v) is 1.60. The van der Waals surface area contributed by atoms with Crippen molar-refractivity contribution in [2.24, 2.45) is 4.99 Å². The van der Waals surface area contributed by atoms with Gasteiger partial charge in [-0.3, -0.25) is 4.99 Å². The number of aliphatic hydroxyl groups is 1. The lowest BCUT2D eigenvalue weighted by Gasteiger charge is -2.24. The molecule has 72 valence electrons. The van der Waals surface area contributed by atoms with E-state index < -0.39 is 5.60 Å². The van der Waals surface area contributed by atoms with Gasteiger partial charge >= 0.3 is 0 Å². The fourth-order valence-electron chi connectivity index (χ4n) is 1.60. The summed E-state index contributed by atoms with van der Waals surface area (Å²) in [6.07, 6.45) is 6.42. The van der Waals surface area contributed by atoms with Gasteiger partial charge < -0.3 is 5.11 Å². The van der Waals surface area contributed by atoms with Crippen molar-refractivity contribution in [1.82, 2.24) is 0 Å². The number of nitrogens with zero attached hydrogens (tertiary/aromatic N) is 1. The van der Waals surface area contributed by atoms with Gasteiger partial charge in [0.2, 0.25) is 0 Å². The van der Waals surface area contributed by atoms with Gasteiger partial charge in [0.15, 0.2) is 0 Å². The molecule has 2 heteroatoms. The zero-order chi connectivity index (χ0) is 9.86. The first-order valence-electron chi connectivity index (χ1n) is 4.74. The normalized spacial score (nSPS) is 25.2. The van der Waals surface area contributed by atoms with Gasteiger partial charge in [-0.25, -0.2) is 0 Å². The maximum atomic E-state index is 10.1. The maximum Gasteiger partial charge on any atom is 0.0934 e. The Morgan fingerprint density at radius 1 is 1.29 bits per heavy atom. The monoisotopic (exact) mass is 187 g/mol. The quantitative estimate of drug-likeness (QED) is 0.754. The van der Waals surface area contributed by atoms with Crippen molar-refractivity contribution in [3.8, 4) is 0 Å². The van der Waals surface area contributed by atoms with Crippen LogP contribution < -0.4 is 0 Å². The van der Waals surface area contributed by atoms with Crippen molar-refractivity contribution in [2.45, 2.75) is 18.4 Å². The Bertz CT molecular complexity index is 356. The molecule has 1 heterocycles. The van der Waals surface area contributed by atoms with Crippen molar-refractivity contribution in [2.75, 3.05) is 0 Å². The molecule has 0 saturated carbocycles. The first-order valence-corrected chi connectivity index (χ1v) is 4.74. The molecule has 14 heavy (non-hydrogen) atoms. The van der Waals surface area contributed by atoms with Gasteiger partial charge in [-0.15, -0.1) is 0 Å². The maximum absolute atomic E-state index is 10.1. The molecule has 1 atom stereocenters. The highest BCUT2D eigenvalue weighted by Crippen LogP contribution is 2.20. The van der Waals surface area contributed by atoms with Crippen LogP contribution in [0.15, 0.2) is 47.6 Å². The second-order valence-electron chi connectivity index (χ2n) is 3.62. The minimum atomic E-state index is -0.747. The highest BCUT2D eigenvalue weighted by Gasteiger charge is 2.24. The number of hydrogen-bond acceptors (Lipinski definition) is 2. The first kappa shape index (κ1) is 9.16. The van der Waals surface area contributed by atoms with Crippen LogP contribution >= 0.6 is 0 Å². The van der Waals surface area contributed by atoms with Crippen molar-refractivity contribution >= 4 is 6.21 Å². The summed E-state index contributed by atoms with van der Waals surface area (Å²) in [7, 11) is 0. The average molecular weight is 187 g/mol. The largest absolute Gasteiger partial charge is 0.385 e. The van der Waals surface area contributed by atoms with Crippen LogP contribution in [-0.4, -0.2) is 16.9 Å². The summed E-state index contributed by atoms with van der Waals surface area (Å²) in [6, 6.07) is 10.00. The predicted octanol–water partition coefficient (Wildman–Crippen LogP) is 1.95. The second-order valence-corrected chi connectivity index (χ2v) is 3.62. The van der Waals surface area contributed by atoms with E-state index in [4.69, 9.17) is 0 Å². The zero-order valence-electron chi connectivity index (χ0n) is 7.93. The molecule has 1 aromatic rings. The van der Waals surface area contributed by atoms with Gasteiger partial charge in [0.25, 0.3) is 0 Å². The molecule has 2 rings (SSSR count). The van der Waals surface area contributed by atoms with Crippen LogP contribution in [0.25, 0.3) is 0 Å². The molecule has 1 aromatic carbocycles. The molecule has 0 radical (unpaired) electrons. The van der Waals surface area contributed by atoms with Gasteiger partial charge in [0.05, 0.1) is 5.60 Å². The van der Waals surface area contributed by atoms with Gasteiger partial charge in [-0.05, 0) is 11.6 Å². The Morgan fingerprint density at radius 2 is 2.07 bits per heavy atom. The summed E-state index contributed by atoms with van der Waals surface area (Å²) in [5.41, 5.74) is 0.401.